The Bertz CT molecular complexity index is 2240. The summed E-state index contributed by atoms with van der Waals surface area (Å²) < 4.78 is 13.1. The van der Waals surface area contributed by atoms with E-state index in [-0.39, 0.29) is 19.5 Å². The largest absolute Gasteiger partial charge is 2.00 e. The summed E-state index contributed by atoms with van der Waals surface area (Å²) in [6.45, 7) is 12.5. The van der Waals surface area contributed by atoms with Crippen LogP contribution in [0.1, 0.15) is 70.2 Å². The molecule has 0 saturated heterocycles. The van der Waals surface area contributed by atoms with Crippen LogP contribution in [0, 0.1) is 0 Å². The van der Waals surface area contributed by atoms with Crippen molar-refractivity contribution in [1.82, 2.24) is 19.9 Å². The Morgan fingerprint density at radius 3 is 1.46 bits per heavy atom. The van der Waals surface area contributed by atoms with Crippen molar-refractivity contribution in [3.8, 4) is 33.8 Å². The summed E-state index contributed by atoms with van der Waals surface area (Å²) in [5.74, 6) is 1.67. The molecule has 5 aromatic rings. The minimum absolute atomic E-state index is 0. The van der Waals surface area contributed by atoms with Crippen LogP contribution in [0.5, 0.6) is 11.5 Å². The average Bonchev–Trinajstić information content (AvgIpc) is 4.02. The Morgan fingerprint density at radius 1 is 0.596 bits per heavy atom. The second-order valence-corrected chi connectivity index (χ2v) is 14.7. The molecule has 0 spiro atoms. The monoisotopic (exact) mass is 818 g/mol. The van der Waals surface area contributed by atoms with Gasteiger partial charge in [-0.15, -0.1) is 22.1 Å². The van der Waals surface area contributed by atoms with E-state index >= 15 is 0 Å². The zero-order chi connectivity index (χ0) is 40.7. The van der Waals surface area contributed by atoms with E-state index in [0.29, 0.717) is 13.2 Å². The van der Waals surface area contributed by atoms with Crippen molar-refractivity contribution in [1.29, 1.82) is 0 Å². The number of hydrogen-bond acceptors (Lipinski definition) is 4. The maximum atomic E-state index is 6.19. The molecular weight excluding hydrogens is 758 g/mol. The number of nitrogens with one attached hydrogen (secondary N) is 1. The molecule has 296 valence electrons. The van der Waals surface area contributed by atoms with Gasteiger partial charge in [0.1, 0.15) is 11.5 Å². The molecule has 57 heavy (non-hydrogen) atoms. The van der Waals surface area contributed by atoms with Gasteiger partial charge in [0, 0.05) is 6.42 Å². The second-order valence-electron chi connectivity index (χ2n) is 14.7. The van der Waals surface area contributed by atoms with Crippen molar-refractivity contribution in [3.05, 3.63) is 108 Å². The van der Waals surface area contributed by atoms with Crippen LogP contribution in [-0.4, -0.2) is 76.5 Å². The minimum atomic E-state index is 0. The number of benzene rings is 2. The third-order valence-corrected chi connectivity index (χ3v) is 8.22. The van der Waals surface area contributed by atoms with Crippen LogP contribution < -0.4 is 24.3 Å². The van der Waals surface area contributed by atoms with E-state index in [0.717, 1.165) is 102 Å². The van der Waals surface area contributed by atoms with Crippen LogP contribution in [0.4, 0.5) is 0 Å². The Hall–Kier alpha value is -4.82. The van der Waals surface area contributed by atoms with Crippen molar-refractivity contribution < 1.29 is 38.3 Å². The fourth-order valence-corrected chi connectivity index (χ4v) is 5.98. The number of fused-ring (bicyclic) bond motifs is 8. The van der Waals surface area contributed by atoms with Gasteiger partial charge in [0.25, 0.3) is 0 Å². The predicted molar refractivity (Wildman–Crippen MR) is 238 cm³/mol. The first-order valence-corrected chi connectivity index (χ1v) is 20.1. The molecule has 2 aromatic carbocycles. The molecule has 0 amide bonds. The molecule has 2 aliphatic rings. The molecule has 2 aliphatic heterocycles. The molecule has 8 bridgehead atoms. The van der Waals surface area contributed by atoms with E-state index in [9.17, 15) is 0 Å². The summed E-state index contributed by atoms with van der Waals surface area (Å²) >= 11 is 0. The van der Waals surface area contributed by atoms with Crippen molar-refractivity contribution in [2.24, 2.45) is 0 Å². The first-order valence-electron chi connectivity index (χ1n) is 20.1. The van der Waals surface area contributed by atoms with E-state index in [1.165, 1.54) is 4.90 Å². The molecule has 7 rings (SSSR count). The predicted octanol–water partition coefficient (Wildman–Crippen LogP) is 9.32. The topological polar surface area (TPSA) is 76.9 Å². The van der Waals surface area contributed by atoms with Gasteiger partial charge >= 0.3 is 19.5 Å². The zero-order valence-electron chi connectivity index (χ0n) is 36.2. The third kappa shape index (κ3) is 13.7. The standard InChI is InChI=1S/C41H40N5O2.C3H9N.2C2H6.Zn/c1-5-22-47-34-11-6-9-28(24-34)40-36-17-13-30(42-36)26-32-15-19-38(44-32)41(39-20-16-33(45-39)27-31-14-18-37(40)43-31)29-10-7-12-35(25-29)48-23-8-21-46(2,3)4;1-4(2)3;2*1-2;/h6-7,9-20,24-27H,5,8,21-23H2,1-4H3;1-3H3;2*1-2H3;/q-1;;;;+2/p+1. The quantitative estimate of drug-likeness (QED) is 0.0843. The summed E-state index contributed by atoms with van der Waals surface area (Å²) in [4.78, 5) is 21.6. The summed E-state index contributed by atoms with van der Waals surface area (Å²) in [6, 6.07) is 28.6. The number of nitrogens with zero attached hydrogens (tertiary/aromatic N) is 5. The van der Waals surface area contributed by atoms with Crippen molar-refractivity contribution in [2.75, 3.05) is 62.0 Å². The fourth-order valence-electron chi connectivity index (χ4n) is 5.98. The van der Waals surface area contributed by atoms with Gasteiger partial charge in [-0.3, -0.25) is 0 Å². The van der Waals surface area contributed by atoms with Gasteiger partial charge in [0.2, 0.25) is 0 Å². The molecule has 3 aromatic heterocycles. The van der Waals surface area contributed by atoms with Crippen LogP contribution >= 0.6 is 0 Å². The number of hydrogen-bond donors (Lipinski definition) is 1. The molecule has 0 fully saturated rings. The molecular formula is C48H62N6O2Zn+2. The Balaban J connectivity index is 0.000000899. The van der Waals surface area contributed by atoms with E-state index in [2.05, 4.69) is 97.8 Å². The Morgan fingerprint density at radius 2 is 1.04 bits per heavy atom. The minimum Gasteiger partial charge on any atom is -0.657 e. The molecule has 0 atom stereocenters. The van der Waals surface area contributed by atoms with Crippen LogP contribution in [0.15, 0.2) is 84.9 Å². The van der Waals surface area contributed by atoms with Crippen LogP contribution in [-0.2, 0) is 19.5 Å². The fraction of sp³-hybridized carbons (Fsp3) is 0.333. The third-order valence-electron chi connectivity index (χ3n) is 8.22. The SMILES string of the molecule is CC.CC.CCCOc1cccc(-c2c3nc(cc4ccc([n-]4)c(-c4cccc(OCCC[N+](C)(C)C)c4)c4nc(cc5ccc2[n-]5)C=C4)C=C3)c1.C[NH+](C)C.[Zn+2]. The maximum absolute atomic E-state index is 6.19. The normalized spacial score (nSPS) is 11.3. The van der Waals surface area contributed by atoms with E-state index < -0.39 is 0 Å². The van der Waals surface area contributed by atoms with Crippen molar-refractivity contribution in [2.45, 2.75) is 47.5 Å². The van der Waals surface area contributed by atoms with Gasteiger partial charge in [-0.1, -0.05) is 95.3 Å². The molecule has 0 aliphatic carbocycles. The molecule has 8 nitrogen and oxygen atoms in total. The summed E-state index contributed by atoms with van der Waals surface area (Å²) in [6.07, 6.45) is 10.1. The van der Waals surface area contributed by atoms with Gasteiger partial charge in [-0.05, 0) is 77.2 Å². The molecule has 5 heterocycles. The van der Waals surface area contributed by atoms with E-state index in [4.69, 9.17) is 29.4 Å². The van der Waals surface area contributed by atoms with Crippen LogP contribution in [0.3, 0.4) is 0 Å². The number of rotatable bonds is 10. The van der Waals surface area contributed by atoms with Gasteiger partial charge in [-0.2, -0.15) is 0 Å². The first-order chi connectivity index (χ1) is 27.0. The zero-order valence-corrected chi connectivity index (χ0v) is 39.2. The Labute approximate surface area is 354 Å². The van der Waals surface area contributed by atoms with Gasteiger partial charge in [0.15, 0.2) is 0 Å². The second kappa shape index (κ2) is 22.8. The first kappa shape index (κ1) is 46.6. The maximum Gasteiger partial charge on any atom is 2.00 e. The van der Waals surface area contributed by atoms with Gasteiger partial charge in [-0.25, -0.2) is 9.97 Å². The van der Waals surface area contributed by atoms with Crippen molar-refractivity contribution >= 4 is 46.4 Å². The summed E-state index contributed by atoms with van der Waals surface area (Å²) in [7, 11) is 12.8. The van der Waals surface area contributed by atoms with Gasteiger partial charge < -0.3 is 28.8 Å². The van der Waals surface area contributed by atoms with Gasteiger partial charge in [0.05, 0.1) is 84.8 Å². The van der Waals surface area contributed by atoms with E-state index in [1.54, 1.807) is 0 Å². The van der Waals surface area contributed by atoms with Crippen LogP contribution in [0.2, 0.25) is 0 Å². The number of aromatic nitrogens is 4. The number of quaternary nitrogens is 2. The summed E-state index contributed by atoms with van der Waals surface area (Å²) in [5.41, 5.74) is 10.6. The Kier molecular flexibility index (Phi) is 18.6. The molecule has 1 N–H and O–H groups in total. The van der Waals surface area contributed by atoms with E-state index in [1.807, 2.05) is 88.4 Å². The van der Waals surface area contributed by atoms with Crippen molar-refractivity contribution in [3.63, 3.8) is 0 Å². The molecule has 0 unspecified atom stereocenters. The summed E-state index contributed by atoms with van der Waals surface area (Å²) in [5, 5.41) is 0. The average molecular weight is 820 g/mol. The van der Waals surface area contributed by atoms with Crippen LogP contribution in [0.25, 0.3) is 68.6 Å². The molecule has 0 radical (unpaired) electrons. The molecule has 9 heteroatoms. The smallest absolute Gasteiger partial charge is 0.657 e. The number of ether oxygens (including phenoxy) is 2. The molecule has 0 saturated carbocycles.